The minimum atomic E-state index is -0.130. The van der Waals surface area contributed by atoms with Crippen molar-refractivity contribution in [2.24, 2.45) is 7.05 Å². The second-order valence-electron chi connectivity index (χ2n) is 5.46. The Morgan fingerprint density at radius 3 is 2.83 bits per heavy atom. The van der Waals surface area contributed by atoms with Crippen molar-refractivity contribution in [3.8, 4) is 0 Å². The van der Waals surface area contributed by atoms with Crippen molar-refractivity contribution in [1.82, 2.24) is 20.1 Å². The molecule has 3 aromatic rings. The van der Waals surface area contributed by atoms with Gasteiger partial charge in [-0.3, -0.25) is 9.48 Å². The van der Waals surface area contributed by atoms with Crippen molar-refractivity contribution >= 4 is 28.6 Å². The predicted molar refractivity (Wildman–Crippen MR) is 93.0 cm³/mol. The van der Waals surface area contributed by atoms with Gasteiger partial charge in [0.25, 0.3) is 5.91 Å². The van der Waals surface area contributed by atoms with Crippen LogP contribution in [0.25, 0.3) is 0 Å². The van der Waals surface area contributed by atoms with Gasteiger partial charge >= 0.3 is 0 Å². The molecule has 120 valence electrons. The summed E-state index contributed by atoms with van der Waals surface area (Å²) in [5.41, 5.74) is 2.79. The lowest BCUT2D eigenvalue weighted by Crippen LogP contribution is -2.29. The summed E-state index contributed by atoms with van der Waals surface area (Å²) in [6.45, 7) is 4.06. The number of thiophene rings is 1. The molecule has 1 N–H and O–H groups in total. The minimum absolute atomic E-state index is 0.121. The summed E-state index contributed by atoms with van der Waals surface area (Å²) in [6, 6.07) is 1.95. The highest BCUT2D eigenvalue weighted by Crippen LogP contribution is 2.26. The number of hydrogen-bond donors (Lipinski definition) is 1. The van der Waals surface area contributed by atoms with Crippen LogP contribution < -0.4 is 5.32 Å². The molecule has 0 aliphatic heterocycles. The zero-order valence-corrected chi connectivity index (χ0v) is 14.9. The number of hydrogen-bond acceptors (Lipinski definition) is 5. The van der Waals surface area contributed by atoms with E-state index in [1.54, 1.807) is 46.8 Å². The van der Waals surface area contributed by atoms with E-state index < -0.39 is 0 Å². The lowest BCUT2D eigenvalue weighted by Gasteiger charge is -2.15. The Morgan fingerprint density at radius 1 is 1.43 bits per heavy atom. The average Bonchev–Trinajstić information content (AvgIpc) is 3.22. The number of carbonyl (C=O) groups is 1. The first-order chi connectivity index (χ1) is 11.0. The molecule has 3 aromatic heterocycles. The summed E-state index contributed by atoms with van der Waals surface area (Å²) in [4.78, 5) is 18.3. The van der Waals surface area contributed by atoms with Gasteiger partial charge in [0.15, 0.2) is 0 Å². The van der Waals surface area contributed by atoms with Gasteiger partial charge in [-0.15, -0.1) is 11.3 Å². The Kier molecular flexibility index (Phi) is 4.58. The molecule has 0 aromatic carbocycles. The fraction of sp³-hybridized carbons (Fsp3) is 0.312. The molecule has 5 nitrogen and oxygen atoms in total. The predicted octanol–water partition coefficient (Wildman–Crippen LogP) is 3.27. The molecule has 1 atom stereocenters. The number of amides is 1. The van der Waals surface area contributed by atoms with Crippen molar-refractivity contribution in [3.63, 3.8) is 0 Å². The highest BCUT2D eigenvalue weighted by molar-refractivity contribution is 7.11. The van der Waals surface area contributed by atoms with Crippen molar-refractivity contribution < 1.29 is 4.79 Å². The first kappa shape index (κ1) is 15.9. The zero-order valence-electron chi connectivity index (χ0n) is 13.2. The summed E-state index contributed by atoms with van der Waals surface area (Å²) >= 11 is 3.30. The van der Waals surface area contributed by atoms with Crippen molar-refractivity contribution in [2.75, 3.05) is 0 Å². The van der Waals surface area contributed by atoms with E-state index in [4.69, 9.17) is 0 Å². The second-order valence-corrected chi connectivity index (χ2v) is 7.47. The lowest BCUT2D eigenvalue weighted by molar-refractivity contribution is 0.0936. The topological polar surface area (TPSA) is 59.8 Å². The molecule has 0 radical (unpaired) electrons. The van der Waals surface area contributed by atoms with Crippen LogP contribution in [0.1, 0.15) is 37.5 Å². The highest BCUT2D eigenvalue weighted by atomic mass is 32.1. The molecule has 1 amide bonds. The molecule has 3 rings (SSSR count). The summed E-state index contributed by atoms with van der Waals surface area (Å²) in [7, 11) is 1.80. The van der Waals surface area contributed by atoms with Crippen LogP contribution in [0.15, 0.2) is 29.2 Å². The molecular weight excluding hydrogens is 328 g/mol. The van der Waals surface area contributed by atoms with E-state index in [9.17, 15) is 4.79 Å². The van der Waals surface area contributed by atoms with Gasteiger partial charge in [0.05, 0.1) is 23.5 Å². The van der Waals surface area contributed by atoms with Gasteiger partial charge in [-0.05, 0) is 36.2 Å². The molecule has 23 heavy (non-hydrogen) atoms. The summed E-state index contributed by atoms with van der Waals surface area (Å²) < 4.78 is 1.63. The van der Waals surface area contributed by atoms with Crippen molar-refractivity contribution in [3.05, 3.63) is 55.9 Å². The summed E-state index contributed by atoms with van der Waals surface area (Å²) in [5, 5.41) is 12.3. The molecule has 0 aliphatic carbocycles. The lowest BCUT2D eigenvalue weighted by atomic mass is 10.1. The van der Waals surface area contributed by atoms with Crippen LogP contribution in [-0.4, -0.2) is 20.7 Å². The third-order valence-corrected chi connectivity index (χ3v) is 5.55. The van der Waals surface area contributed by atoms with E-state index in [1.807, 2.05) is 12.3 Å². The molecule has 7 heteroatoms. The van der Waals surface area contributed by atoms with Gasteiger partial charge in [0.1, 0.15) is 5.01 Å². The van der Waals surface area contributed by atoms with Gasteiger partial charge in [0, 0.05) is 24.5 Å². The number of aromatic nitrogens is 3. The van der Waals surface area contributed by atoms with E-state index in [-0.39, 0.29) is 11.9 Å². The SMILES string of the molecule is Cc1nc(C(Cc2ccsc2)NC(=O)c2cnn(C)c2)sc1C. The molecule has 1 unspecified atom stereocenters. The molecule has 0 aliphatic rings. The number of aryl methyl sites for hydroxylation is 3. The number of thiazole rings is 1. The van der Waals surface area contributed by atoms with Crippen LogP contribution in [0, 0.1) is 13.8 Å². The van der Waals surface area contributed by atoms with E-state index in [2.05, 4.69) is 33.8 Å². The fourth-order valence-corrected chi connectivity index (χ4v) is 3.93. The first-order valence-electron chi connectivity index (χ1n) is 7.27. The van der Waals surface area contributed by atoms with Crippen LogP contribution in [-0.2, 0) is 13.5 Å². The largest absolute Gasteiger partial charge is 0.342 e. The molecule has 0 spiro atoms. The van der Waals surface area contributed by atoms with Crippen LogP contribution in [0.5, 0.6) is 0 Å². The molecule has 3 heterocycles. The summed E-state index contributed by atoms with van der Waals surface area (Å²) in [6.07, 6.45) is 4.03. The number of nitrogens with zero attached hydrogens (tertiary/aromatic N) is 3. The minimum Gasteiger partial charge on any atom is -0.342 e. The van der Waals surface area contributed by atoms with Crippen LogP contribution in [0.3, 0.4) is 0 Å². The first-order valence-corrected chi connectivity index (χ1v) is 9.03. The van der Waals surface area contributed by atoms with Crippen molar-refractivity contribution in [1.29, 1.82) is 0 Å². The standard InChI is InChI=1S/C16H18N4OS2/c1-10-11(2)23-16(18-10)14(6-12-4-5-22-9-12)19-15(21)13-7-17-20(3)8-13/h4-5,7-9,14H,6H2,1-3H3,(H,19,21). The Morgan fingerprint density at radius 2 is 2.26 bits per heavy atom. The van der Waals surface area contributed by atoms with E-state index in [0.717, 1.165) is 17.1 Å². The Bertz CT molecular complexity index is 785. The van der Waals surface area contributed by atoms with Gasteiger partial charge < -0.3 is 5.32 Å². The van der Waals surface area contributed by atoms with E-state index in [0.29, 0.717) is 5.56 Å². The molecule has 0 bridgehead atoms. The summed E-state index contributed by atoms with van der Waals surface area (Å²) in [5.74, 6) is -0.121. The number of nitrogens with one attached hydrogen (secondary N) is 1. The van der Waals surface area contributed by atoms with Gasteiger partial charge in [0.2, 0.25) is 0 Å². The third kappa shape index (κ3) is 3.68. The molecular formula is C16H18N4OS2. The zero-order chi connectivity index (χ0) is 16.4. The van der Waals surface area contributed by atoms with Crippen molar-refractivity contribution in [2.45, 2.75) is 26.3 Å². The Balaban J connectivity index is 1.83. The maximum Gasteiger partial charge on any atom is 0.255 e. The molecule has 0 saturated carbocycles. The normalized spacial score (nSPS) is 12.3. The Hall–Kier alpha value is -1.99. The fourth-order valence-electron chi connectivity index (χ4n) is 2.27. The van der Waals surface area contributed by atoms with Crippen LogP contribution in [0.2, 0.25) is 0 Å². The maximum absolute atomic E-state index is 12.5. The van der Waals surface area contributed by atoms with Crippen LogP contribution >= 0.6 is 22.7 Å². The average molecular weight is 346 g/mol. The molecule has 0 fully saturated rings. The quantitative estimate of drug-likeness (QED) is 0.771. The van der Waals surface area contributed by atoms with E-state index in [1.165, 1.54) is 10.4 Å². The number of carbonyl (C=O) groups excluding carboxylic acids is 1. The third-order valence-electron chi connectivity index (χ3n) is 3.64. The maximum atomic E-state index is 12.5. The second kappa shape index (κ2) is 6.64. The van der Waals surface area contributed by atoms with E-state index >= 15 is 0 Å². The smallest absolute Gasteiger partial charge is 0.255 e. The van der Waals surface area contributed by atoms with Gasteiger partial charge in [-0.2, -0.15) is 16.4 Å². The monoisotopic (exact) mass is 346 g/mol. The number of rotatable bonds is 5. The van der Waals surface area contributed by atoms with Gasteiger partial charge in [-0.25, -0.2) is 4.98 Å². The van der Waals surface area contributed by atoms with Gasteiger partial charge in [-0.1, -0.05) is 0 Å². The molecule has 0 saturated heterocycles. The Labute approximate surface area is 143 Å². The van der Waals surface area contributed by atoms with Crippen LogP contribution in [0.4, 0.5) is 0 Å². The highest BCUT2D eigenvalue weighted by Gasteiger charge is 2.21.